The van der Waals surface area contributed by atoms with Gasteiger partial charge in [0.25, 0.3) is 5.56 Å². The zero-order valence-corrected chi connectivity index (χ0v) is 17.8. The molecule has 0 aliphatic rings. The Hall–Kier alpha value is -3.35. The molecule has 31 heavy (non-hydrogen) atoms. The third-order valence-corrected chi connectivity index (χ3v) is 4.98. The van der Waals surface area contributed by atoms with E-state index in [0.29, 0.717) is 28.6 Å². The van der Waals surface area contributed by atoms with Gasteiger partial charge in [-0.3, -0.25) is 14.3 Å². The molecule has 0 saturated heterocycles. The molecule has 7 heteroatoms. The molecule has 0 spiro atoms. The first-order valence-electron chi connectivity index (χ1n) is 9.68. The number of rotatable bonds is 5. The van der Waals surface area contributed by atoms with Gasteiger partial charge in [-0.1, -0.05) is 29.8 Å². The quantitative estimate of drug-likeness (QED) is 0.452. The van der Waals surface area contributed by atoms with E-state index in [1.54, 1.807) is 36.4 Å². The van der Waals surface area contributed by atoms with Gasteiger partial charge in [0.2, 0.25) is 0 Å². The van der Waals surface area contributed by atoms with E-state index in [9.17, 15) is 9.18 Å². The van der Waals surface area contributed by atoms with Gasteiger partial charge in [-0.2, -0.15) is 0 Å². The Kier molecular flexibility index (Phi) is 5.93. The molecule has 0 amide bonds. The molecule has 2 aromatic carbocycles. The maximum absolute atomic E-state index is 13.8. The van der Waals surface area contributed by atoms with Gasteiger partial charge in [0.1, 0.15) is 11.6 Å². The van der Waals surface area contributed by atoms with Gasteiger partial charge < -0.3 is 4.90 Å². The summed E-state index contributed by atoms with van der Waals surface area (Å²) in [6.07, 6.45) is 3.51. The Morgan fingerprint density at radius 2 is 1.84 bits per heavy atom. The van der Waals surface area contributed by atoms with Crippen LogP contribution in [0.15, 0.2) is 65.5 Å². The summed E-state index contributed by atoms with van der Waals surface area (Å²) >= 11 is 6.37. The molecule has 4 aromatic rings. The van der Waals surface area contributed by atoms with Crippen LogP contribution < -0.4 is 5.56 Å². The second kappa shape index (κ2) is 8.79. The van der Waals surface area contributed by atoms with Gasteiger partial charge in [0.15, 0.2) is 0 Å². The van der Waals surface area contributed by atoms with Crippen LogP contribution in [0.4, 0.5) is 4.39 Å². The zero-order valence-electron chi connectivity index (χ0n) is 17.1. The van der Waals surface area contributed by atoms with E-state index in [0.717, 1.165) is 11.4 Å². The summed E-state index contributed by atoms with van der Waals surface area (Å²) in [5.74, 6) is -0.126. The van der Waals surface area contributed by atoms with Crippen LogP contribution in [-0.4, -0.2) is 33.5 Å². The third kappa shape index (κ3) is 4.55. The summed E-state index contributed by atoms with van der Waals surface area (Å²) in [6.45, 7) is 0.714. The van der Waals surface area contributed by atoms with Crippen LogP contribution >= 0.6 is 11.6 Å². The number of aromatic nitrogens is 3. The van der Waals surface area contributed by atoms with Crippen molar-refractivity contribution in [3.8, 4) is 5.69 Å². The Morgan fingerprint density at radius 3 is 2.61 bits per heavy atom. The molecule has 2 heterocycles. The third-order valence-electron chi connectivity index (χ3n) is 4.66. The molecule has 0 N–H and O–H groups in total. The monoisotopic (exact) mass is 434 g/mol. The minimum atomic E-state index is -0.498. The first-order valence-corrected chi connectivity index (χ1v) is 10.1. The van der Waals surface area contributed by atoms with Gasteiger partial charge in [0, 0.05) is 6.54 Å². The maximum atomic E-state index is 13.8. The molecule has 5 nitrogen and oxygen atoms in total. The summed E-state index contributed by atoms with van der Waals surface area (Å²) in [4.78, 5) is 24.5. The predicted molar refractivity (Wildman–Crippen MR) is 123 cm³/mol. The molecular formula is C24H20ClFN4O. The topological polar surface area (TPSA) is 51.0 Å². The number of hydrogen-bond donors (Lipinski definition) is 0. The van der Waals surface area contributed by atoms with Crippen molar-refractivity contribution in [2.45, 2.75) is 6.54 Å². The smallest absolute Gasteiger partial charge is 0.266 e. The van der Waals surface area contributed by atoms with Gasteiger partial charge >= 0.3 is 0 Å². The summed E-state index contributed by atoms with van der Waals surface area (Å²) in [6, 6.07) is 16.7. The van der Waals surface area contributed by atoms with E-state index in [4.69, 9.17) is 11.6 Å². The van der Waals surface area contributed by atoms with Crippen LogP contribution in [0.3, 0.4) is 0 Å². The van der Waals surface area contributed by atoms with Crippen LogP contribution in [0, 0.1) is 5.82 Å². The minimum Gasteiger partial charge on any atom is -0.304 e. The molecule has 156 valence electrons. The predicted octanol–water partition coefficient (Wildman–Crippen LogP) is 4.81. The van der Waals surface area contributed by atoms with Gasteiger partial charge in [0.05, 0.1) is 33.0 Å². The molecule has 2 aromatic heterocycles. The summed E-state index contributed by atoms with van der Waals surface area (Å²) in [7, 11) is 3.96. The van der Waals surface area contributed by atoms with E-state index >= 15 is 0 Å². The van der Waals surface area contributed by atoms with Gasteiger partial charge in [-0.25, -0.2) is 9.37 Å². The number of nitrogens with zero attached hydrogens (tertiary/aromatic N) is 4. The fourth-order valence-corrected chi connectivity index (χ4v) is 3.54. The highest BCUT2D eigenvalue weighted by Gasteiger charge is 2.14. The standard InChI is InChI=1S/C24H20ClFN4O/c1-29(2)15-18-7-5-6-17(27-18)11-13-23-28-21-12-10-16(26)14-19(21)24(31)30(23)22-9-4-3-8-20(22)25/h3-14H,15H2,1-2H3/b13-11+. The van der Waals surface area contributed by atoms with E-state index in [1.165, 1.54) is 22.8 Å². The van der Waals surface area contributed by atoms with Gasteiger partial charge in [-0.05, 0) is 68.7 Å². The summed E-state index contributed by atoms with van der Waals surface area (Å²) in [5, 5.41) is 0.575. The molecule has 0 unspecified atom stereocenters. The molecule has 0 radical (unpaired) electrons. The fraction of sp³-hybridized carbons (Fsp3) is 0.125. The lowest BCUT2D eigenvalue weighted by molar-refractivity contribution is 0.397. The number of benzene rings is 2. The van der Waals surface area contributed by atoms with Crippen LogP contribution in [0.25, 0.3) is 28.7 Å². The molecule has 0 bridgehead atoms. The second-order valence-corrected chi connectivity index (χ2v) is 7.76. The Morgan fingerprint density at radius 1 is 1.03 bits per heavy atom. The van der Waals surface area contributed by atoms with Crippen molar-refractivity contribution in [1.82, 2.24) is 19.4 Å². The fourth-order valence-electron chi connectivity index (χ4n) is 3.32. The Balaban J connectivity index is 1.88. The van der Waals surface area contributed by atoms with E-state index < -0.39 is 11.4 Å². The molecular weight excluding hydrogens is 415 g/mol. The average Bonchev–Trinajstić information content (AvgIpc) is 2.73. The molecule has 0 aliphatic carbocycles. The van der Waals surface area contributed by atoms with Crippen molar-refractivity contribution >= 4 is 34.7 Å². The number of para-hydroxylation sites is 1. The Bertz CT molecular complexity index is 1350. The van der Waals surface area contributed by atoms with Crippen molar-refractivity contribution in [1.29, 1.82) is 0 Å². The van der Waals surface area contributed by atoms with E-state index in [1.807, 2.05) is 37.2 Å². The zero-order chi connectivity index (χ0) is 22.0. The maximum Gasteiger partial charge on any atom is 0.266 e. The van der Waals surface area contributed by atoms with Crippen molar-refractivity contribution in [2.24, 2.45) is 0 Å². The first kappa shape index (κ1) is 20.9. The van der Waals surface area contributed by atoms with Crippen LogP contribution in [0.1, 0.15) is 17.2 Å². The number of hydrogen-bond acceptors (Lipinski definition) is 4. The normalized spacial score (nSPS) is 11.6. The molecule has 0 atom stereocenters. The van der Waals surface area contributed by atoms with E-state index in [2.05, 4.69) is 9.97 Å². The van der Waals surface area contributed by atoms with Crippen molar-refractivity contribution < 1.29 is 4.39 Å². The van der Waals surface area contributed by atoms with E-state index in [-0.39, 0.29) is 5.39 Å². The average molecular weight is 435 g/mol. The van der Waals surface area contributed by atoms with Gasteiger partial charge in [-0.15, -0.1) is 0 Å². The highest BCUT2D eigenvalue weighted by atomic mass is 35.5. The molecule has 0 aliphatic heterocycles. The lowest BCUT2D eigenvalue weighted by atomic mass is 10.2. The Labute approximate surface area is 184 Å². The SMILES string of the molecule is CN(C)Cc1cccc(/C=C/c2nc3ccc(F)cc3c(=O)n2-c2ccccc2Cl)n1. The van der Waals surface area contributed by atoms with Crippen LogP contribution in [0.5, 0.6) is 0 Å². The minimum absolute atomic E-state index is 0.183. The largest absolute Gasteiger partial charge is 0.304 e. The summed E-state index contributed by atoms with van der Waals surface area (Å²) in [5.41, 5.74) is 2.15. The van der Waals surface area contributed by atoms with Crippen LogP contribution in [-0.2, 0) is 6.54 Å². The van der Waals surface area contributed by atoms with Crippen molar-refractivity contribution in [3.05, 3.63) is 99.1 Å². The summed E-state index contributed by atoms with van der Waals surface area (Å²) < 4.78 is 15.2. The molecule has 4 rings (SSSR count). The highest BCUT2D eigenvalue weighted by molar-refractivity contribution is 6.32. The number of halogens is 2. The first-order chi connectivity index (χ1) is 14.9. The lowest BCUT2D eigenvalue weighted by Gasteiger charge is -2.13. The molecule has 0 saturated carbocycles. The second-order valence-electron chi connectivity index (χ2n) is 7.35. The molecule has 0 fully saturated rings. The van der Waals surface area contributed by atoms with Crippen LogP contribution in [0.2, 0.25) is 5.02 Å². The highest BCUT2D eigenvalue weighted by Crippen LogP contribution is 2.22. The number of fused-ring (bicyclic) bond motifs is 1. The van der Waals surface area contributed by atoms with Crippen molar-refractivity contribution in [3.63, 3.8) is 0 Å². The number of pyridine rings is 1. The lowest BCUT2D eigenvalue weighted by Crippen LogP contribution is -2.22. The van der Waals surface area contributed by atoms with Crippen molar-refractivity contribution in [2.75, 3.05) is 14.1 Å².